The number of rotatable bonds is 5. The fraction of sp³-hybridized carbons (Fsp3) is 0.471. The number of urea groups is 1. The minimum Gasteiger partial charge on any atom is -0.325 e. The standard InChI is InChI=1S/C17H23N3O3/c1-5-17(4)15(22)20(16(23)19-17)10-14(21)18-13-8-6-12(7-9-13)11(2)3/h6-9,11H,5,10H2,1-4H3,(H,18,21)(H,19,23)/t17-/m1/s1. The summed E-state index contributed by atoms with van der Waals surface area (Å²) in [6, 6.07) is 7.00. The first-order valence-electron chi connectivity index (χ1n) is 7.80. The van der Waals surface area contributed by atoms with Crippen molar-refractivity contribution in [2.45, 2.75) is 45.6 Å². The summed E-state index contributed by atoms with van der Waals surface area (Å²) >= 11 is 0. The predicted octanol–water partition coefficient (Wildman–Crippen LogP) is 2.47. The van der Waals surface area contributed by atoms with E-state index in [-0.39, 0.29) is 12.5 Å². The maximum Gasteiger partial charge on any atom is 0.325 e. The predicted molar refractivity (Wildman–Crippen MR) is 88.1 cm³/mol. The highest BCUT2D eigenvalue weighted by Gasteiger charge is 2.46. The normalized spacial score (nSPS) is 20.8. The van der Waals surface area contributed by atoms with Gasteiger partial charge in [-0.15, -0.1) is 0 Å². The zero-order valence-electron chi connectivity index (χ0n) is 14.0. The van der Waals surface area contributed by atoms with Gasteiger partial charge in [-0.3, -0.25) is 14.5 Å². The summed E-state index contributed by atoms with van der Waals surface area (Å²) in [5, 5.41) is 5.33. The summed E-state index contributed by atoms with van der Waals surface area (Å²) in [7, 11) is 0. The van der Waals surface area contributed by atoms with E-state index in [9.17, 15) is 14.4 Å². The van der Waals surface area contributed by atoms with Gasteiger partial charge in [0.25, 0.3) is 5.91 Å². The molecule has 0 unspecified atom stereocenters. The van der Waals surface area contributed by atoms with Crippen LogP contribution in [0, 0.1) is 0 Å². The largest absolute Gasteiger partial charge is 0.325 e. The summed E-state index contributed by atoms with van der Waals surface area (Å²) in [5.74, 6) is -0.348. The van der Waals surface area contributed by atoms with E-state index in [0.717, 1.165) is 4.90 Å². The molecule has 4 amide bonds. The van der Waals surface area contributed by atoms with E-state index in [1.54, 1.807) is 6.92 Å². The van der Waals surface area contributed by atoms with E-state index in [1.807, 2.05) is 31.2 Å². The minimum atomic E-state index is -0.920. The Morgan fingerprint density at radius 3 is 2.35 bits per heavy atom. The Hall–Kier alpha value is -2.37. The van der Waals surface area contributed by atoms with Crippen LogP contribution in [0.15, 0.2) is 24.3 Å². The summed E-state index contributed by atoms with van der Waals surface area (Å²) in [5.41, 5.74) is 0.900. The molecule has 6 nitrogen and oxygen atoms in total. The summed E-state index contributed by atoms with van der Waals surface area (Å²) < 4.78 is 0. The van der Waals surface area contributed by atoms with Crippen LogP contribution in [0.5, 0.6) is 0 Å². The van der Waals surface area contributed by atoms with Crippen molar-refractivity contribution in [2.24, 2.45) is 0 Å². The van der Waals surface area contributed by atoms with Crippen molar-refractivity contribution in [3.8, 4) is 0 Å². The van der Waals surface area contributed by atoms with Crippen molar-refractivity contribution in [2.75, 3.05) is 11.9 Å². The molecule has 0 radical (unpaired) electrons. The van der Waals surface area contributed by atoms with Crippen LogP contribution in [-0.4, -0.2) is 34.8 Å². The highest BCUT2D eigenvalue weighted by Crippen LogP contribution is 2.21. The molecule has 23 heavy (non-hydrogen) atoms. The maximum absolute atomic E-state index is 12.2. The van der Waals surface area contributed by atoms with Crippen LogP contribution < -0.4 is 10.6 Å². The summed E-state index contributed by atoms with van der Waals surface area (Å²) in [6.07, 6.45) is 0.479. The molecule has 2 rings (SSSR count). The second-order valence-corrected chi connectivity index (χ2v) is 6.33. The molecule has 0 bridgehead atoms. The number of benzene rings is 1. The highest BCUT2D eigenvalue weighted by molar-refractivity contribution is 6.09. The van der Waals surface area contributed by atoms with Gasteiger partial charge in [0.2, 0.25) is 5.91 Å². The first kappa shape index (κ1) is 17.0. The van der Waals surface area contributed by atoms with Gasteiger partial charge in [-0.2, -0.15) is 0 Å². The van der Waals surface area contributed by atoms with Crippen molar-refractivity contribution in [3.05, 3.63) is 29.8 Å². The molecule has 0 aliphatic carbocycles. The first-order valence-corrected chi connectivity index (χ1v) is 7.80. The van der Waals surface area contributed by atoms with E-state index in [4.69, 9.17) is 0 Å². The zero-order chi connectivity index (χ0) is 17.2. The molecule has 2 N–H and O–H groups in total. The third kappa shape index (κ3) is 3.52. The van der Waals surface area contributed by atoms with Gasteiger partial charge >= 0.3 is 6.03 Å². The first-order chi connectivity index (χ1) is 10.8. The number of carbonyl (C=O) groups excluding carboxylic acids is 3. The molecule has 0 saturated carbocycles. The third-order valence-electron chi connectivity index (χ3n) is 4.22. The van der Waals surface area contributed by atoms with Gasteiger partial charge in [-0.1, -0.05) is 32.9 Å². The summed E-state index contributed by atoms with van der Waals surface area (Å²) in [6.45, 7) is 7.38. The lowest BCUT2D eigenvalue weighted by Crippen LogP contribution is -2.44. The monoisotopic (exact) mass is 317 g/mol. The Balaban J connectivity index is 2.00. The van der Waals surface area contributed by atoms with Gasteiger partial charge in [0.15, 0.2) is 0 Å². The van der Waals surface area contributed by atoms with Crippen LogP contribution in [-0.2, 0) is 9.59 Å². The quantitative estimate of drug-likeness (QED) is 0.819. The fourth-order valence-corrected chi connectivity index (χ4v) is 2.43. The maximum atomic E-state index is 12.2. The van der Waals surface area contributed by atoms with E-state index < -0.39 is 17.5 Å². The Bertz CT molecular complexity index is 624. The van der Waals surface area contributed by atoms with Gasteiger partial charge in [-0.25, -0.2) is 4.79 Å². The number of hydrogen-bond acceptors (Lipinski definition) is 3. The van der Waals surface area contributed by atoms with Crippen LogP contribution in [0.4, 0.5) is 10.5 Å². The van der Waals surface area contributed by atoms with Crippen molar-refractivity contribution < 1.29 is 14.4 Å². The topological polar surface area (TPSA) is 78.5 Å². The molecular formula is C17H23N3O3. The van der Waals surface area contributed by atoms with E-state index >= 15 is 0 Å². The molecule has 1 aliphatic rings. The molecule has 1 aromatic rings. The number of carbonyl (C=O) groups is 3. The van der Waals surface area contributed by atoms with Crippen LogP contribution in [0.25, 0.3) is 0 Å². The molecule has 1 aromatic carbocycles. The third-order valence-corrected chi connectivity index (χ3v) is 4.22. The number of nitrogens with zero attached hydrogens (tertiary/aromatic N) is 1. The van der Waals surface area contributed by atoms with Crippen molar-refractivity contribution >= 4 is 23.5 Å². The molecule has 0 spiro atoms. The minimum absolute atomic E-state index is 0.286. The van der Waals surface area contributed by atoms with Gasteiger partial charge in [0.05, 0.1) is 0 Å². The van der Waals surface area contributed by atoms with Crippen molar-refractivity contribution in [3.63, 3.8) is 0 Å². The molecule has 124 valence electrons. The molecule has 1 fully saturated rings. The molecule has 0 aromatic heterocycles. The Kier molecular flexibility index (Phi) is 4.73. The number of nitrogens with one attached hydrogen (secondary N) is 2. The molecule has 1 aliphatic heterocycles. The molecule has 6 heteroatoms. The average molecular weight is 317 g/mol. The summed E-state index contributed by atoms with van der Waals surface area (Å²) in [4.78, 5) is 37.2. The van der Waals surface area contributed by atoms with Gasteiger partial charge < -0.3 is 10.6 Å². The Morgan fingerprint density at radius 2 is 1.87 bits per heavy atom. The van der Waals surface area contributed by atoms with Crippen LogP contribution in [0.1, 0.15) is 45.6 Å². The molecule has 1 saturated heterocycles. The molecular weight excluding hydrogens is 294 g/mol. The number of hydrogen-bond donors (Lipinski definition) is 2. The lowest BCUT2D eigenvalue weighted by Gasteiger charge is -2.19. The van der Waals surface area contributed by atoms with E-state index in [0.29, 0.717) is 18.0 Å². The van der Waals surface area contributed by atoms with E-state index in [1.165, 1.54) is 5.56 Å². The lowest BCUT2D eigenvalue weighted by atomic mass is 9.99. The van der Waals surface area contributed by atoms with Gasteiger partial charge in [0.1, 0.15) is 12.1 Å². The average Bonchev–Trinajstić information content (AvgIpc) is 2.72. The SMILES string of the molecule is CC[C@@]1(C)NC(=O)N(CC(=O)Nc2ccc(C(C)C)cc2)C1=O. The smallest absolute Gasteiger partial charge is 0.325 e. The Morgan fingerprint density at radius 1 is 1.26 bits per heavy atom. The van der Waals surface area contributed by atoms with Crippen molar-refractivity contribution in [1.29, 1.82) is 0 Å². The number of amides is 4. The van der Waals surface area contributed by atoms with Crippen LogP contribution in [0.3, 0.4) is 0 Å². The second-order valence-electron chi connectivity index (χ2n) is 6.33. The molecule has 1 atom stereocenters. The second kappa shape index (κ2) is 6.40. The van der Waals surface area contributed by atoms with Gasteiger partial charge in [-0.05, 0) is 37.0 Å². The Labute approximate surface area is 136 Å². The lowest BCUT2D eigenvalue weighted by molar-refractivity contribution is -0.133. The number of anilines is 1. The molecule has 1 heterocycles. The fourth-order valence-electron chi connectivity index (χ4n) is 2.43. The van der Waals surface area contributed by atoms with E-state index in [2.05, 4.69) is 24.5 Å². The number of imide groups is 1. The van der Waals surface area contributed by atoms with Crippen molar-refractivity contribution in [1.82, 2.24) is 10.2 Å². The highest BCUT2D eigenvalue weighted by atomic mass is 16.2. The van der Waals surface area contributed by atoms with Crippen LogP contribution >= 0.6 is 0 Å². The van der Waals surface area contributed by atoms with Gasteiger partial charge in [0, 0.05) is 5.69 Å². The van der Waals surface area contributed by atoms with Crippen LogP contribution in [0.2, 0.25) is 0 Å². The zero-order valence-corrected chi connectivity index (χ0v) is 14.0.